The van der Waals surface area contributed by atoms with Crippen molar-refractivity contribution in [2.24, 2.45) is 5.92 Å². The molecule has 2 unspecified atom stereocenters. The van der Waals surface area contributed by atoms with Crippen molar-refractivity contribution in [2.45, 2.75) is 45.1 Å². The normalized spacial score (nSPS) is 18.3. The predicted octanol–water partition coefficient (Wildman–Crippen LogP) is 5.87. The Kier molecular flexibility index (Phi) is 6.04. The number of carbonyl (C=O) groups is 1. The third kappa shape index (κ3) is 4.05. The number of nitrogens with zero attached hydrogens (tertiary/aromatic N) is 2. The average molecular weight is 480 g/mol. The van der Waals surface area contributed by atoms with Crippen LogP contribution in [0.3, 0.4) is 0 Å². The summed E-state index contributed by atoms with van der Waals surface area (Å²) in [5.74, 6) is 1.31. The van der Waals surface area contributed by atoms with E-state index in [1.165, 1.54) is 0 Å². The van der Waals surface area contributed by atoms with Gasteiger partial charge in [-0.1, -0.05) is 35.3 Å². The van der Waals surface area contributed by atoms with E-state index in [1.807, 2.05) is 34.9 Å². The molecule has 0 radical (unpaired) electrons. The summed E-state index contributed by atoms with van der Waals surface area (Å²) in [4.78, 5) is 26.4. The Morgan fingerprint density at radius 1 is 1.24 bits per heavy atom. The van der Waals surface area contributed by atoms with Crippen molar-refractivity contribution in [3.63, 3.8) is 0 Å². The van der Waals surface area contributed by atoms with E-state index in [9.17, 15) is 9.59 Å². The Morgan fingerprint density at radius 3 is 2.88 bits per heavy atom. The molecule has 2 atom stereocenters. The summed E-state index contributed by atoms with van der Waals surface area (Å²) in [5, 5.41) is 8.83. The number of carbonyl (C=O) groups excluding carboxylic acids is 1. The lowest BCUT2D eigenvalue weighted by Gasteiger charge is -2.31. The maximum Gasteiger partial charge on any atom is 0.264 e. The van der Waals surface area contributed by atoms with Gasteiger partial charge in [0.1, 0.15) is 22.4 Å². The summed E-state index contributed by atoms with van der Waals surface area (Å²) in [7, 11) is 1.60. The Labute approximate surface area is 201 Å². The van der Waals surface area contributed by atoms with Gasteiger partial charge in [0.05, 0.1) is 17.6 Å². The zero-order valence-corrected chi connectivity index (χ0v) is 19.9. The Hall–Kier alpha value is -3.32. The minimum absolute atomic E-state index is 0.0319. The number of anilines is 1. The molecule has 2 heterocycles. The van der Waals surface area contributed by atoms with Crippen LogP contribution in [0, 0.1) is 12.8 Å². The second-order valence-electron chi connectivity index (χ2n) is 8.94. The molecule has 176 valence electrons. The first-order chi connectivity index (χ1) is 16.5. The zero-order valence-electron chi connectivity index (χ0n) is 19.1. The fourth-order valence-corrected chi connectivity index (χ4v) is 5.45. The Morgan fingerprint density at radius 2 is 2.06 bits per heavy atom. The van der Waals surface area contributed by atoms with Gasteiger partial charge in [-0.25, -0.2) is 0 Å². The molecule has 5 rings (SSSR count). The highest BCUT2D eigenvalue weighted by molar-refractivity contribution is 6.37. The van der Waals surface area contributed by atoms with Gasteiger partial charge in [0.2, 0.25) is 5.91 Å². The van der Waals surface area contributed by atoms with Crippen LogP contribution < -0.4 is 15.6 Å². The first kappa shape index (κ1) is 22.5. The first-order valence-electron chi connectivity index (χ1n) is 11.5. The van der Waals surface area contributed by atoms with Gasteiger partial charge in [0.15, 0.2) is 0 Å². The molecule has 1 aliphatic carbocycles. The minimum atomic E-state index is -0.116. The number of amides is 1. The van der Waals surface area contributed by atoms with Crippen molar-refractivity contribution in [3.8, 4) is 5.75 Å². The van der Waals surface area contributed by atoms with Crippen LogP contribution in [0.15, 0.2) is 51.8 Å². The van der Waals surface area contributed by atoms with Gasteiger partial charge in [-0.3, -0.25) is 9.59 Å². The van der Waals surface area contributed by atoms with E-state index in [2.05, 4.69) is 10.5 Å². The number of ether oxygens (including phenoxy) is 1. The van der Waals surface area contributed by atoms with E-state index in [1.54, 1.807) is 26.2 Å². The highest BCUT2D eigenvalue weighted by Gasteiger charge is 2.29. The van der Waals surface area contributed by atoms with Crippen molar-refractivity contribution in [1.29, 1.82) is 0 Å². The number of benzene rings is 2. The van der Waals surface area contributed by atoms with Gasteiger partial charge < -0.3 is 19.1 Å². The molecule has 1 saturated carbocycles. The van der Waals surface area contributed by atoms with Gasteiger partial charge in [-0.15, -0.1) is 0 Å². The van der Waals surface area contributed by atoms with E-state index in [4.69, 9.17) is 20.9 Å². The predicted molar refractivity (Wildman–Crippen MR) is 133 cm³/mol. The molecular weight excluding hydrogens is 454 g/mol. The number of hydrogen-bond donors (Lipinski definition) is 1. The van der Waals surface area contributed by atoms with Crippen molar-refractivity contribution in [2.75, 3.05) is 12.4 Å². The molecule has 34 heavy (non-hydrogen) atoms. The smallest absolute Gasteiger partial charge is 0.264 e. The zero-order chi connectivity index (χ0) is 23.8. The van der Waals surface area contributed by atoms with Crippen LogP contribution in [0.5, 0.6) is 5.75 Å². The van der Waals surface area contributed by atoms with E-state index < -0.39 is 0 Å². The average Bonchev–Trinajstić information content (AvgIpc) is 3.21. The van der Waals surface area contributed by atoms with Gasteiger partial charge in [0.25, 0.3) is 5.56 Å². The van der Waals surface area contributed by atoms with Crippen molar-refractivity contribution in [1.82, 2.24) is 9.72 Å². The number of aromatic nitrogens is 2. The molecule has 0 aliphatic heterocycles. The minimum Gasteiger partial charge on any atom is -0.497 e. The van der Waals surface area contributed by atoms with Crippen molar-refractivity contribution < 1.29 is 14.1 Å². The molecule has 4 aromatic rings. The van der Waals surface area contributed by atoms with Crippen LogP contribution in [0.4, 0.5) is 5.69 Å². The van der Waals surface area contributed by atoms with Gasteiger partial charge in [-0.2, -0.15) is 0 Å². The molecule has 1 N–H and O–H groups in total. The van der Waals surface area contributed by atoms with Gasteiger partial charge in [-0.05, 0) is 56.4 Å². The summed E-state index contributed by atoms with van der Waals surface area (Å²) in [6.45, 7) is 1.75. The molecule has 2 aromatic carbocycles. The molecule has 7 nitrogen and oxygen atoms in total. The van der Waals surface area contributed by atoms with Crippen molar-refractivity contribution in [3.05, 3.63) is 63.6 Å². The number of halogens is 1. The van der Waals surface area contributed by atoms with Crippen LogP contribution in [-0.4, -0.2) is 22.7 Å². The number of nitrogens with one attached hydrogen (secondary N) is 1. The van der Waals surface area contributed by atoms with Gasteiger partial charge >= 0.3 is 0 Å². The van der Waals surface area contributed by atoms with E-state index in [-0.39, 0.29) is 23.4 Å². The summed E-state index contributed by atoms with van der Waals surface area (Å²) in [5.41, 5.74) is 1.85. The van der Waals surface area contributed by atoms with Gasteiger partial charge in [0, 0.05) is 29.6 Å². The monoisotopic (exact) mass is 479 g/mol. The first-order valence-corrected chi connectivity index (χ1v) is 11.9. The number of pyridine rings is 1. The number of fused-ring (bicyclic) bond motifs is 3. The fourth-order valence-electron chi connectivity index (χ4n) is 5.19. The molecule has 2 aromatic heterocycles. The van der Waals surface area contributed by atoms with E-state index in [0.717, 1.165) is 36.6 Å². The van der Waals surface area contributed by atoms with Crippen LogP contribution in [-0.2, 0) is 4.79 Å². The summed E-state index contributed by atoms with van der Waals surface area (Å²) in [6.07, 6.45) is 3.89. The highest BCUT2D eigenvalue weighted by atomic mass is 35.5. The number of hydrogen-bond acceptors (Lipinski definition) is 5. The molecule has 0 spiro atoms. The molecule has 0 bridgehead atoms. The van der Waals surface area contributed by atoms with Crippen LogP contribution >= 0.6 is 11.6 Å². The second-order valence-corrected chi connectivity index (χ2v) is 9.35. The lowest BCUT2D eigenvalue weighted by atomic mass is 9.83. The van der Waals surface area contributed by atoms with Crippen molar-refractivity contribution >= 4 is 45.0 Å². The molecule has 1 aliphatic rings. The third-order valence-electron chi connectivity index (χ3n) is 6.73. The Bertz CT molecular complexity index is 1440. The quantitative estimate of drug-likeness (QED) is 0.386. The standard InChI is InChI=1S/C26H26ClN3O4/c1-15-23-25(29-34-15)24-20(27)10-5-11-21(24)30(26(23)32)18-8-3-6-16(12-18)13-22(31)28-17-7-4-9-19(14-17)33-2/h4-5,7,9-11,14,16,18H,3,6,8,12-13H2,1-2H3,(H,28,31). The van der Waals surface area contributed by atoms with Crippen LogP contribution in [0.25, 0.3) is 21.8 Å². The summed E-state index contributed by atoms with van der Waals surface area (Å²) in [6, 6.07) is 12.8. The summed E-state index contributed by atoms with van der Waals surface area (Å²) < 4.78 is 12.4. The lowest BCUT2D eigenvalue weighted by Crippen LogP contribution is -2.30. The van der Waals surface area contributed by atoms with Crippen LogP contribution in [0.2, 0.25) is 5.02 Å². The third-order valence-corrected chi connectivity index (χ3v) is 7.05. The van der Waals surface area contributed by atoms with E-state index >= 15 is 0 Å². The molecule has 8 heteroatoms. The van der Waals surface area contributed by atoms with E-state index in [0.29, 0.717) is 39.5 Å². The van der Waals surface area contributed by atoms with Crippen LogP contribution in [0.1, 0.15) is 43.9 Å². The second kappa shape index (κ2) is 9.14. The summed E-state index contributed by atoms with van der Waals surface area (Å²) >= 11 is 6.55. The largest absolute Gasteiger partial charge is 0.497 e. The molecule has 1 amide bonds. The number of rotatable bonds is 5. The maximum absolute atomic E-state index is 13.6. The maximum atomic E-state index is 13.6. The molecule has 1 fully saturated rings. The lowest BCUT2D eigenvalue weighted by molar-refractivity contribution is -0.117. The number of aryl methyl sites for hydroxylation is 1. The fraction of sp³-hybridized carbons (Fsp3) is 0.346. The molecular formula is C26H26ClN3O4. The number of methoxy groups -OCH3 is 1. The Balaban J connectivity index is 1.43. The topological polar surface area (TPSA) is 86.4 Å². The highest BCUT2D eigenvalue weighted by Crippen LogP contribution is 2.38. The SMILES string of the molecule is COc1cccc(NC(=O)CC2CCCC(n3c(=O)c4c(C)onc4c4c(Cl)cccc43)C2)c1. The molecule has 0 saturated heterocycles.